The van der Waals surface area contributed by atoms with E-state index in [2.05, 4.69) is 84.9 Å². The second-order valence-corrected chi connectivity index (χ2v) is 14.2. The van der Waals surface area contributed by atoms with Crippen LogP contribution in [0.3, 0.4) is 0 Å². The van der Waals surface area contributed by atoms with Crippen LogP contribution in [-0.2, 0) is 4.79 Å². The predicted octanol–water partition coefficient (Wildman–Crippen LogP) is 11.9. The molecule has 1 aromatic rings. The highest BCUT2D eigenvalue weighted by Crippen LogP contribution is 2.28. The quantitative estimate of drug-likeness (QED) is 0.0650. The van der Waals surface area contributed by atoms with E-state index in [1.54, 1.807) is 13.1 Å². The van der Waals surface area contributed by atoms with Gasteiger partial charge in [0.2, 0.25) is 5.91 Å². The third-order valence-electron chi connectivity index (χ3n) is 8.83. The van der Waals surface area contributed by atoms with E-state index >= 15 is 0 Å². The first-order chi connectivity index (χ1) is 23.2. The summed E-state index contributed by atoms with van der Waals surface area (Å²) >= 11 is 0. The Morgan fingerprint density at radius 3 is 1.33 bits per heavy atom. The third-order valence-corrected chi connectivity index (χ3v) is 8.83. The van der Waals surface area contributed by atoms with Crippen molar-refractivity contribution in [2.45, 2.75) is 139 Å². The molecule has 272 valence electrons. The van der Waals surface area contributed by atoms with Gasteiger partial charge in [0.25, 0.3) is 0 Å². The Hall–Kier alpha value is -3.57. The van der Waals surface area contributed by atoms with E-state index in [9.17, 15) is 20.1 Å². The molecule has 0 fully saturated rings. The number of phenolic OH excluding ortho intramolecular Hbond substituents is 2. The molecule has 0 aliphatic carbocycles. The molecule has 0 radical (unpaired) electrons. The van der Waals surface area contributed by atoms with Crippen molar-refractivity contribution in [2.24, 2.45) is 0 Å². The predicted molar refractivity (Wildman–Crippen MR) is 210 cm³/mol. The first kappa shape index (κ1) is 43.5. The summed E-state index contributed by atoms with van der Waals surface area (Å²) in [6.07, 6.45) is 27.7. The zero-order valence-electron chi connectivity index (χ0n) is 32.2. The van der Waals surface area contributed by atoms with Gasteiger partial charge in [0.05, 0.1) is 12.6 Å². The molecule has 49 heavy (non-hydrogen) atoms. The Balaban J connectivity index is 2.32. The summed E-state index contributed by atoms with van der Waals surface area (Å²) in [5.41, 5.74) is 10.1. The van der Waals surface area contributed by atoms with Crippen LogP contribution in [0, 0.1) is 0 Å². The monoisotopic (exact) mass is 674 g/mol. The van der Waals surface area contributed by atoms with Crippen molar-refractivity contribution < 1.29 is 20.1 Å². The van der Waals surface area contributed by atoms with Gasteiger partial charge in [-0.2, -0.15) is 0 Å². The summed E-state index contributed by atoms with van der Waals surface area (Å²) in [5.74, 6) is -0.715. The van der Waals surface area contributed by atoms with Crippen LogP contribution in [0.2, 0.25) is 0 Å². The van der Waals surface area contributed by atoms with Crippen LogP contribution >= 0.6 is 0 Å². The number of allylic oxidation sites excluding steroid dienone is 13. The number of likely N-dealkylation sites (N-methyl/N-ethyl adjacent to an activating group) is 1. The van der Waals surface area contributed by atoms with Crippen LogP contribution in [0.5, 0.6) is 11.5 Å². The molecular formula is C44H67NO4. The highest BCUT2D eigenvalue weighted by molar-refractivity contribution is 5.88. The first-order valence-electron chi connectivity index (χ1n) is 18.2. The van der Waals surface area contributed by atoms with Crippen molar-refractivity contribution in [3.05, 3.63) is 105 Å². The minimum atomic E-state index is -0.963. The maximum Gasteiger partial charge on any atom is 0.246 e. The molecule has 0 aliphatic heterocycles. The van der Waals surface area contributed by atoms with Gasteiger partial charge < -0.3 is 20.2 Å². The third kappa shape index (κ3) is 21.2. The van der Waals surface area contributed by atoms with Crippen LogP contribution in [0.1, 0.15) is 144 Å². The van der Waals surface area contributed by atoms with Gasteiger partial charge in [-0.15, -0.1) is 0 Å². The molecule has 5 nitrogen and oxygen atoms in total. The highest BCUT2D eigenvalue weighted by atomic mass is 16.3. The molecule has 0 heterocycles. The number of aliphatic hydroxyl groups is 1. The number of carbonyl (C=O) groups is 1. The van der Waals surface area contributed by atoms with E-state index in [1.165, 1.54) is 63.0 Å². The fourth-order valence-corrected chi connectivity index (χ4v) is 5.43. The van der Waals surface area contributed by atoms with Crippen molar-refractivity contribution in [1.29, 1.82) is 0 Å². The SMILES string of the molecule is CC(C)=CCCC(C)=CCCC(C)=CCCC(C)=CCCC(C)=CCCC(C)=CCCC(C)=CC(=O)N(C)C[C@H](O)c1ccc(O)c(O)c1. The summed E-state index contributed by atoms with van der Waals surface area (Å²) < 4.78 is 0. The van der Waals surface area contributed by atoms with Gasteiger partial charge in [0, 0.05) is 13.1 Å². The van der Waals surface area contributed by atoms with Crippen molar-refractivity contribution >= 4 is 5.91 Å². The molecule has 1 amide bonds. The van der Waals surface area contributed by atoms with Crippen LogP contribution < -0.4 is 0 Å². The topological polar surface area (TPSA) is 81.0 Å². The largest absolute Gasteiger partial charge is 0.504 e. The molecule has 0 aliphatic rings. The van der Waals surface area contributed by atoms with Crippen LogP contribution in [0.25, 0.3) is 0 Å². The van der Waals surface area contributed by atoms with Gasteiger partial charge in [-0.05, 0) is 150 Å². The molecule has 0 aromatic heterocycles. The highest BCUT2D eigenvalue weighted by Gasteiger charge is 2.15. The maximum atomic E-state index is 12.6. The Labute approximate surface area is 299 Å². The van der Waals surface area contributed by atoms with Crippen molar-refractivity contribution in [3.63, 3.8) is 0 Å². The molecule has 1 rings (SSSR count). The fraction of sp³-hybridized carbons (Fsp3) is 0.523. The number of benzene rings is 1. The molecule has 1 atom stereocenters. The van der Waals surface area contributed by atoms with Gasteiger partial charge in [0.1, 0.15) is 0 Å². The average molecular weight is 674 g/mol. The molecule has 0 saturated heterocycles. The van der Waals surface area contributed by atoms with Crippen LogP contribution in [-0.4, -0.2) is 39.7 Å². The minimum absolute atomic E-state index is 0.0855. The zero-order valence-corrected chi connectivity index (χ0v) is 32.2. The van der Waals surface area contributed by atoms with Gasteiger partial charge in [-0.3, -0.25) is 4.79 Å². The number of amides is 1. The smallest absolute Gasteiger partial charge is 0.246 e. The van der Waals surface area contributed by atoms with Crippen molar-refractivity contribution in [3.8, 4) is 11.5 Å². The molecule has 3 N–H and O–H groups in total. The Morgan fingerprint density at radius 2 is 0.959 bits per heavy atom. The number of phenols is 2. The summed E-state index contributed by atoms with van der Waals surface area (Å²) in [6.45, 7) is 17.6. The summed E-state index contributed by atoms with van der Waals surface area (Å²) in [5, 5.41) is 29.6. The number of rotatable bonds is 22. The van der Waals surface area contributed by atoms with E-state index in [4.69, 9.17) is 0 Å². The lowest BCUT2D eigenvalue weighted by atomic mass is 10.0. The normalized spacial score (nSPS) is 14.2. The number of carbonyl (C=O) groups excluding carboxylic acids is 1. The molecular weight excluding hydrogens is 606 g/mol. The Bertz CT molecular complexity index is 1380. The lowest BCUT2D eigenvalue weighted by molar-refractivity contribution is -0.126. The second kappa shape index (κ2) is 24.5. The van der Waals surface area contributed by atoms with E-state index in [-0.39, 0.29) is 24.0 Å². The van der Waals surface area contributed by atoms with Gasteiger partial charge >= 0.3 is 0 Å². The second-order valence-electron chi connectivity index (χ2n) is 14.2. The number of hydrogen-bond donors (Lipinski definition) is 3. The van der Waals surface area contributed by atoms with Crippen molar-refractivity contribution in [1.82, 2.24) is 4.90 Å². The van der Waals surface area contributed by atoms with E-state index < -0.39 is 6.10 Å². The van der Waals surface area contributed by atoms with Gasteiger partial charge in [-0.1, -0.05) is 81.5 Å². The average Bonchev–Trinajstić information content (AvgIpc) is 3.02. The summed E-state index contributed by atoms with van der Waals surface area (Å²) in [4.78, 5) is 14.1. The van der Waals surface area contributed by atoms with Gasteiger partial charge in [-0.25, -0.2) is 0 Å². The number of aromatic hydroxyl groups is 2. The lowest BCUT2D eigenvalue weighted by Gasteiger charge is -2.20. The zero-order chi connectivity index (χ0) is 36.8. The fourth-order valence-electron chi connectivity index (χ4n) is 5.43. The van der Waals surface area contributed by atoms with E-state index in [0.717, 1.165) is 76.2 Å². The molecule has 0 bridgehead atoms. The van der Waals surface area contributed by atoms with E-state index in [0.29, 0.717) is 5.56 Å². The molecule has 1 aromatic carbocycles. The molecule has 0 unspecified atom stereocenters. The summed E-state index contributed by atoms with van der Waals surface area (Å²) in [7, 11) is 1.64. The molecule has 0 saturated carbocycles. The molecule has 0 spiro atoms. The van der Waals surface area contributed by atoms with Gasteiger partial charge in [0.15, 0.2) is 11.5 Å². The number of hydrogen-bond acceptors (Lipinski definition) is 4. The number of aliphatic hydroxyl groups excluding tert-OH is 1. The van der Waals surface area contributed by atoms with Crippen LogP contribution in [0.15, 0.2) is 99.7 Å². The maximum absolute atomic E-state index is 12.6. The number of nitrogens with zero attached hydrogens (tertiary/aromatic N) is 1. The Morgan fingerprint density at radius 1 is 0.592 bits per heavy atom. The van der Waals surface area contributed by atoms with E-state index in [1.807, 2.05) is 6.92 Å². The summed E-state index contributed by atoms with van der Waals surface area (Å²) in [6, 6.07) is 4.16. The Kier molecular flexibility index (Phi) is 21.8. The minimum Gasteiger partial charge on any atom is -0.504 e. The first-order valence-corrected chi connectivity index (χ1v) is 18.2. The standard InChI is InChI=1S/C44H67NO4/c1-33(2)16-10-17-34(3)18-11-19-35(4)20-12-21-36(5)22-13-23-37(6)24-14-25-38(7)26-15-27-39(8)30-44(49)45(9)32-43(48)40-28-29-41(46)42(47)31-40/h16,18,20,22,24,26,28-31,43,46-48H,10-15,17,19,21,23,25,27,32H2,1-9H3/t43-/m0/s1. The van der Waals surface area contributed by atoms with Crippen molar-refractivity contribution in [2.75, 3.05) is 13.6 Å². The van der Waals surface area contributed by atoms with Crippen LogP contribution in [0.4, 0.5) is 0 Å². The molecule has 5 heteroatoms. The lowest BCUT2D eigenvalue weighted by Crippen LogP contribution is -2.29.